The van der Waals surface area contributed by atoms with E-state index in [1.165, 1.54) is 61.0 Å². The number of likely N-dealkylation sites (tertiary alicyclic amines) is 1. The molecule has 8 aliphatic rings. The summed E-state index contributed by atoms with van der Waals surface area (Å²) in [6.45, 7) is 4.30. The van der Waals surface area contributed by atoms with Gasteiger partial charge >= 0.3 is 0 Å². The zero-order valence-corrected chi connectivity index (χ0v) is 21.4. The second kappa shape index (κ2) is 7.44. The van der Waals surface area contributed by atoms with Crippen LogP contribution in [0, 0.1) is 35.5 Å². The summed E-state index contributed by atoms with van der Waals surface area (Å²) >= 11 is 0. The first-order chi connectivity index (χ1) is 18.2. The first-order valence-electron chi connectivity index (χ1n) is 14.7. The van der Waals surface area contributed by atoms with Crippen molar-refractivity contribution in [3.05, 3.63) is 81.9 Å². The Bertz CT molecular complexity index is 1280. The minimum Gasteiger partial charge on any atom is -0.494 e. The van der Waals surface area contributed by atoms with E-state index in [-0.39, 0.29) is 23.6 Å². The summed E-state index contributed by atoms with van der Waals surface area (Å²) in [5.41, 5.74) is 6.95. The SMILES string of the molecule is Oc1c2c(c(O)n1CCCN1CC3C4CCC(C5CCC54)C3C1)C1c3ccccc3C2c2ccccc21. The van der Waals surface area contributed by atoms with Gasteiger partial charge in [0, 0.05) is 42.6 Å². The first-order valence-corrected chi connectivity index (χ1v) is 14.7. The van der Waals surface area contributed by atoms with Crippen LogP contribution < -0.4 is 0 Å². The van der Waals surface area contributed by atoms with E-state index < -0.39 is 0 Å². The van der Waals surface area contributed by atoms with Gasteiger partial charge in [-0.2, -0.15) is 0 Å². The predicted molar refractivity (Wildman–Crippen MR) is 143 cm³/mol. The van der Waals surface area contributed by atoms with E-state index in [0.717, 1.165) is 59.6 Å². The predicted octanol–water partition coefficient (Wildman–Crippen LogP) is 5.89. The van der Waals surface area contributed by atoms with Crippen molar-refractivity contribution in [2.24, 2.45) is 35.5 Å². The zero-order chi connectivity index (χ0) is 24.4. The average molecular weight is 493 g/mol. The Morgan fingerprint density at radius 3 is 1.41 bits per heavy atom. The maximum absolute atomic E-state index is 11.5. The summed E-state index contributed by atoms with van der Waals surface area (Å²) in [6, 6.07) is 17.2. The third-order valence-electron chi connectivity index (χ3n) is 11.9. The van der Waals surface area contributed by atoms with Crippen LogP contribution in [0.25, 0.3) is 0 Å². The second-order valence-electron chi connectivity index (χ2n) is 13.0. The fraction of sp³-hybridized carbons (Fsp3) is 0.515. The Morgan fingerprint density at radius 1 is 0.568 bits per heavy atom. The lowest BCUT2D eigenvalue weighted by atomic mass is 9.45. The second-order valence-corrected chi connectivity index (χ2v) is 13.0. The quantitative estimate of drug-likeness (QED) is 0.329. The van der Waals surface area contributed by atoms with Gasteiger partial charge in [-0.3, -0.25) is 4.57 Å². The maximum Gasteiger partial charge on any atom is 0.198 e. The molecule has 4 nitrogen and oxygen atoms in total. The molecule has 0 amide bonds. The van der Waals surface area contributed by atoms with Crippen molar-refractivity contribution in [3.63, 3.8) is 0 Å². The van der Waals surface area contributed by atoms with Crippen molar-refractivity contribution in [2.75, 3.05) is 19.6 Å². The molecule has 2 N–H and O–H groups in total. The highest BCUT2D eigenvalue weighted by Crippen LogP contribution is 2.64. The summed E-state index contributed by atoms with van der Waals surface area (Å²) in [4.78, 5) is 2.72. The van der Waals surface area contributed by atoms with Crippen molar-refractivity contribution in [2.45, 2.75) is 50.5 Å². The highest BCUT2D eigenvalue weighted by molar-refractivity contribution is 5.72. The number of aromatic hydroxyl groups is 2. The minimum atomic E-state index is -0.00731. The molecule has 0 radical (unpaired) electrons. The Labute approximate surface area is 218 Å². The highest BCUT2D eigenvalue weighted by Gasteiger charge is 2.58. The van der Waals surface area contributed by atoms with Crippen LogP contribution in [-0.4, -0.2) is 39.3 Å². The molecule has 3 aromatic rings. The number of hydrogen-bond donors (Lipinski definition) is 2. The molecule has 2 aromatic carbocycles. The van der Waals surface area contributed by atoms with Crippen LogP contribution in [0.5, 0.6) is 11.8 Å². The molecule has 5 fully saturated rings. The molecule has 2 heterocycles. The number of aromatic nitrogens is 1. The van der Waals surface area contributed by atoms with E-state index in [1.807, 2.05) is 4.57 Å². The Hall–Kier alpha value is -2.72. The summed E-state index contributed by atoms with van der Waals surface area (Å²) in [5, 5.41) is 23.0. The molecule has 1 saturated heterocycles. The Morgan fingerprint density at radius 2 is 0.973 bits per heavy atom. The number of hydrogen-bond acceptors (Lipinski definition) is 3. The van der Waals surface area contributed by atoms with Crippen LogP contribution in [0.3, 0.4) is 0 Å². The standard InChI is InChI=1S/C33H36N2O2/c36-32-30-28-22-6-1-2-7-23(22)29(25-9-4-3-8-24(25)28)31(30)33(37)35(32)15-5-14-34-16-26-20-12-13-21(27(26)17-34)19-11-10-18(19)20/h1-4,6-9,18-21,26-29,36-37H,5,10-17H2. The van der Waals surface area contributed by atoms with Crippen LogP contribution in [0.15, 0.2) is 48.5 Å². The van der Waals surface area contributed by atoms with Gasteiger partial charge in [-0.25, -0.2) is 0 Å². The third kappa shape index (κ3) is 2.63. The number of nitrogens with zero attached hydrogens (tertiary/aromatic N) is 2. The molecule has 4 saturated carbocycles. The normalized spacial score (nSPS) is 35.9. The molecule has 4 heteroatoms. The minimum absolute atomic E-state index is 0.00731. The third-order valence-corrected chi connectivity index (χ3v) is 11.9. The van der Waals surface area contributed by atoms with E-state index in [4.69, 9.17) is 0 Å². The van der Waals surface area contributed by atoms with E-state index in [0.29, 0.717) is 6.54 Å². The van der Waals surface area contributed by atoms with Crippen LogP contribution in [0.2, 0.25) is 0 Å². The van der Waals surface area contributed by atoms with E-state index in [1.54, 1.807) is 0 Å². The molecular formula is C33H36N2O2. The van der Waals surface area contributed by atoms with E-state index >= 15 is 0 Å². The number of benzene rings is 2. The Balaban J connectivity index is 0.987. The van der Waals surface area contributed by atoms with Crippen molar-refractivity contribution < 1.29 is 10.2 Å². The van der Waals surface area contributed by atoms with Gasteiger partial charge in [0.05, 0.1) is 0 Å². The lowest BCUT2D eigenvalue weighted by Crippen LogP contribution is -2.54. The lowest BCUT2D eigenvalue weighted by molar-refractivity contribution is -0.108. The summed E-state index contributed by atoms with van der Waals surface area (Å²) in [7, 11) is 0. The molecule has 6 unspecified atom stereocenters. The number of rotatable bonds is 4. The van der Waals surface area contributed by atoms with Gasteiger partial charge in [-0.05, 0) is 96.4 Å². The van der Waals surface area contributed by atoms with Crippen molar-refractivity contribution in [1.82, 2.24) is 9.47 Å². The van der Waals surface area contributed by atoms with Crippen LogP contribution >= 0.6 is 0 Å². The average Bonchev–Trinajstić information content (AvgIpc) is 3.45. The topological polar surface area (TPSA) is 48.6 Å². The zero-order valence-electron chi connectivity index (χ0n) is 21.4. The van der Waals surface area contributed by atoms with Gasteiger partial charge in [0.25, 0.3) is 0 Å². The van der Waals surface area contributed by atoms with E-state index in [2.05, 4.69) is 53.4 Å². The smallest absolute Gasteiger partial charge is 0.198 e. The molecule has 4 bridgehead atoms. The molecule has 6 atom stereocenters. The molecule has 1 aromatic heterocycles. The fourth-order valence-corrected chi connectivity index (χ4v) is 10.4. The molecule has 37 heavy (non-hydrogen) atoms. The molecular weight excluding hydrogens is 456 g/mol. The Kier molecular flexibility index (Phi) is 4.27. The molecule has 11 rings (SSSR count). The molecule has 0 spiro atoms. The van der Waals surface area contributed by atoms with Gasteiger partial charge in [0.2, 0.25) is 0 Å². The number of fused-ring (bicyclic) bond motifs is 1. The van der Waals surface area contributed by atoms with Gasteiger partial charge in [0.1, 0.15) is 0 Å². The van der Waals surface area contributed by atoms with Crippen LogP contribution in [-0.2, 0) is 6.54 Å². The molecule has 190 valence electrons. The van der Waals surface area contributed by atoms with Gasteiger partial charge < -0.3 is 15.1 Å². The molecule has 1 aliphatic heterocycles. The van der Waals surface area contributed by atoms with E-state index in [9.17, 15) is 10.2 Å². The van der Waals surface area contributed by atoms with Gasteiger partial charge in [-0.15, -0.1) is 0 Å². The van der Waals surface area contributed by atoms with Crippen LogP contribution in [0.4, 0.5) is 0 Å². The van der Waals surface area contributed by atoms with Crippen molar-refractivity contribution in [3.8, 4) is 11.8 Å². The largest absolute Gasteiger partial charge is 0.494 e. The lowest BCUT2D eigenvalue weighted by Gasteiger charge is -2.60. The molecule has 7 aliphatic carbocycles. The maximum atomic E-state index is 11.5. The van der Waals surface area contributed by atoms with Crippen LogP contribution in [0.1, 0.15) is 77.3 Å². The summed E-state index contributed by atoms with van der Waals surface area (Å²) < 4.78 is 1.81. The van der Waals surface area contributed by atoms with Gasteiger partial charge in [0.15, 0.2) is 11.8 Å². The van der Waals surface area contributed by atoms with Gasteiger partial charge in [-0.1, -0.05) is 48.5 Å². The van der Waals surface area contributed by atoms with Crippen molar-refractivity contribution in [1.29, 1.82) is 0 Å². The summed E-state index contributed by atoms with van der Waals surface area (Å²) in [6.07, 6.45) is 6.95. The highest BCUT2D eigenvalue weighted by atomic mass is 16.3. The first kappa shape index (κ1) is 21.2. The fourth-order valence-electron chi connectivity index (χ4n) is 10.4. The monoisotopic (exact) mass is 492 g/mol. The van der Waals surface area contributed by atoms with Crippen molar-refractivity contribution >= 4 is 0 Å². The summed E-state index contributed by atoms with van der Waals surface area (Å²) in [5.74, 6) is 6.53.